The maximum Gasteiger partial charge on any atom is 0.256 e. The molecule has 1 aliphatic heterocycles. The number of fused-ring (bicyclic) bond motifs is 2. The molecule has 3 heterocycles. The molecule has 1 aliphatic rings. The highest BCUT2D eigenvalue weighted by molar-refractivity contribution is 6.08. The molecule has 1 saturated heterocycles. The monoisotopic (exact) mass is 453 g/mol. The summed E-state index contributed by atoms with van der Waals surface area (Å²) >= 11 is 0. The highest BCUT2D eigenvalue weighted by Crippen LogP contribution is 2.31. The van der Waals surface area contributed by atoms with E-state index in [1.165, 1.54) is 0 Å². The van der Waals surface area contributed by atoms with Crippen LogP contribution in [-0.2, 0) is 4.74 Å². The van der Waals surface area contributed by atoms with Gasteiger partial charge in [-0.05, 0) is 55.0 Å². The molecule has 0 bridgehead atoms. The second kappa shape index (κ2) is 8.27. The molecule has 0 spiro atoms. The minimum absolute atomic E-state index is 0.193. The SMILES string of the molecule is Cc1cc2n[nH]nc2cc1C(=O)Nc1ccc2[nH]nc(-c3cccc(N4CCOCC4)c3)c2c1. The van der Waals surface area contributed by atoms with Crippen LogP contribution in [0.1, 0.15) is 15.9 Å². The summed E-state index contributed by atoms with van der Waals surface area (Å²) in [7, 11) is 0. The fourth-order valence-corrected chi connectivity index (χ4v) is 4.42. The number of amides is 1. The lowest BCUT2D eigenvalue weighted by atomic mass is 10.1. The van der Waals surface area contributed by atoms with Crippen LogP contribution in [0.3, 0.4) is 0 Å². The summed E-state index contributed by atoms with van der Waals surface area (Å²) < 4.78 is 5.48. The maximum absolute atomic E-state index is 13.0. The Hall–Kier alpha value is -4.24. The number of carbonyl (C=O) groups excluding carboxylic acids is 1. The van der Waals surface area contributed by atoms with E-state index in [0.717, 1.165) is 65.2 Å². The largest absolute Gasteiger partial charge is 0.378 e. The van der Waals surface area contributed by atoms with Gasteiger partial charge in [0.15, 0.2) is 0 Å². The number of benzene rings is 3. The predicted octanol–water partition coefficient (Wildman–Crippen LogP) is 3.90. The van der Waals surface area contributed by atoms with Crippen molar-refractivity contribution in [2.75, 3.05) is 36.5 Å². The first-order chi connectivity index (χ1) is 16.7. The molecule has 5 aromatic rings. The summed E-state index contributed by atoms with van der Waals surface area (Å²) in [5, 5.41) is 22.4. The van der Waals surface area contributed by atoms with Crippen molar-refractivity contribution < 1.29 is 9.53 Å². The molecule has 0 unspecified atom stereocenters. The summed E-state index contributed by atoms with van der Waals surface area (Å²) in [4.78, 5) is 15.4. The smallest absolute Gasteiger partial charge is 0.256 e. The molecule has 6 rings (SSSR count). The number of rotatable bonds is 4. The van der Waals surface area contributed by atoms with Crippen LogP contribution in [-0.4, -0.2) is 57.8 Å². The van der Waals surface area contributed by atoms with Gasteiger partial charge in [0.05, 0.1) is 18.7 Å². The van der Waals surface area contributed by atoms with Gasteiger partial charge in [0.2, 0.25) is 0 Å². The number of hydrogen-bond donors (Lipinski definition) is 3. The van der Waals surface area contributed by atoms with E-state index in [1.807, 2.05) is 31.2 Å². The Morgan fingerprint density at radius 2 is 1.82 bits per heavy atom. The lowest BCUT2D eigenvalue weighted by molar-refractivity contribution is 0.102. The molecule has 3 N–H and O–H groups in total. The summed E-state index contributed by atoms with van der Waals surface area (Å²) in [6.07, 6.45) is 0. The standard InChI is InChI=1S/C25H23N7O2/c1-15-11-22-23(29-31-28-22)14-19(15)25(33)26-17-5-6-21-20(13-17)24(30-27-21)16-3-2-4-18(12-16)32-7-9-34-10-8-32/h2-6,11-14H,7-10H2,1H3,(H,26,33)(H,27,30)(H,28,29,31). The zero-order valence-corrected chi connectivity index (χ0v) is 18.6. The van der Waals surface area contributed by atoms with Crippen LogP contribution in [0.15, 0.2) is 54.6 Å². The molecule has 9 nitrogen and oxygen atoms in total. The Bertz CT molecular complexity index is 1510. The second-order valence-electron chi connectivity index (χ2n) is 8.42. The first kappa shape index (κ1) is 20.4. The van der Waals surface area contributed by atoms with E-state index in [4.69, 9.17) is 4.74 Å². The Labute approximate surface area is 195 Å². The number of aromatic amines is 2. The number of aryl methyl sites for hydroxylation is 1. The molecule has 2 aromatic heterocycles. The summed E-state index contributed by atoms with van der Waals surface area (Å²) in [5.74, 6) is -0.193. The first-order valence-electron chi connectivity index (χ1n) is 11.2. The normalized spacial score (nSPS) is 14.1. The fraction of sp³-hybridized carbons (Fsp3) is 0.200. The van der Waals surface area contributed by atoms with Crippen LogP contribution in [0, 0.1) is 6.92 Å². The van der Waals surface area contributed by atoms with Gasteiger partial charge in [0.1, 0.15) is 16.7 Å². The van der Waals surface area contributed by atoms with Crippen molar-refractivity contribution in [3.05, 3.63) is 65.7 Å². The molecule has 0 radical (unpaired) electrons. The Morgan fingerprint density at radius 3 is 2.68 bits per heavy atom. The predicted molar refractivity (Wildman–Crippen MR) is 131 cm³/mol. The average Bonchev–Trinajstić information content (AvgIpc) is 3.50. The Kier molecular flexibility index (Phi) is 4.96. The van der Waals surface area contributed by atoms with Gasteiger partial charge in [-0.15, -0.1) is 0 Å². The molecular weight excluding hydrogens is 430 g/mol. The van der Waals surface area contributed by atoms with Crippen molar-refractivity contribution in [3.63, 3.8) is 0 Å². The van der Waals surface area contributed by atoms with Gasteiger partial charge in [0.25, 0.3) is 5.91 Å². The maximum atomic E-state index is 13.0. The van der Waals surface area contributed by atoms with Crippen LogP contribution in [0.25, 0.3) is 33.2 Å². The van der Waals surface area contributed by atoms with E-state index in [-0.39, 0.29) is 5.91 Å². The number of nitrogens with one attached hydrogen (secondary N) is 3. The van der Waals surface area contributed by atoms with Crippen molar-refractivity contribution in [2.45, 2.75) is 6.92 Å². The van der Waals surface area contributed by atoms with Crippen molar-refractivity contribution in [2.24, 2.45) is 0 Å². The highest BCUT2D eigenvalue weighted by atomic mass is 16.5. The van der Waals surface area contributed by atoms with Crippen LogP contribution >= 0.6 is 0 Å². The second-order valence-corrected chi connectivity index (χ2v) is 8.42. The molecule has 34 heavy (non-hydrogen) atoms. The molecule has 9 heteroatoms. The molecule has 170 valence electrons. The number of H-pyrrole nitrogens is 2. The van der Waals surface area contributed by atoms with Crippen LogP contribution in [0.2, 0.25) is 0 Å². The van der Waals surface area contributed by atoms with Crippen molar-refractivity contribution in [1.82, 2.24) is 25.6 Å². The van der Waals surface area contributed by atoms with Crippen molar-refractivity contribution in [3.8, 4) is 11.3 Å². The van der Waals surface area contributed by atoms with Crippen LogP contribution in [0.5, 0.6) is 0 Å². The van der Waals surface area contributed by atoms with Gasteiger partial charge in [-0.1, -0.05) is 12.1 Å². The average molecular weight is 454 g/mol. The lowest BCUT2D eigenvalue weighted by Gasteiger charge is -2.29. The minimum atomic E-state index is -0.193. The molecular formula is C25H23N7O2. The van der Waals surface area contributed by atoms with E-state index < -0.39 is 0 Å². The number of nitrogens with zero attached hydrogens (tertiary/aromatic N) is 4. The zero-order valence-electron chi connectivity index (χ0n) is 18.6. The summed E-state index contributed by atoms with van der Waals surface area (Å²) in [5.41, 5.74) is 7.42. The Morgan fingerprint density at radius 1 is 1.00 bits per heavy atom. The quantitative estimate of drug-likeness (QED) is 0.381. The molecule has 1 fully saturated rings. The number of ether oxygens (including phenoxy) is 1. The third-order valence-corrected chi connectivity index (χ3v) is 6.22. The molecule has 3 aromatic carbocycles. The lowest BCUT2D eigenvalue weighted by Crippen LogP contribution is -2.36. The minimum Gasteiger partial charge on any atom is -0.378 e. The van der Waals surface area contributed by atoms with E-state index in [2.05, 4.69) is 60.1 Å². The Balaban J connectivity index is 1.31. The van der Waals surface area contributed by atoms with Gasteiger partial charge in [-0.3, -0.25) is 9.89 Å². The van der Waals surface area contributed by atoms with Gasteiger partial charge in [-0.25, -0.2) is 0 Å². The van der Waals surface area contributed by atoms with E-state index >= 15 is 0 Å². The number of anilines is 2. The topological polar surface area (TPSA) is 112 Å². The fourth-order valence-electron chi connectivity index (χ4n) is 4.42. The van der Waals surface area contributed by atoms with Gasteiger partial charge in [0, 0.05) is 41.0 Å². The van der Waals surface area contributed by atoms with E-state index in [9.17, 15) is 4.79 Å². The van der Waals surface area contributed by atoms with Gasteiger partial charge >= 0.3 is 0 Å². The van der Waals surface area contributed by atoms with Crippen LogP contribution in [0.4, 0.5) is 11.4 Å². The number of hydrogen-bond acceptors (Lipinski definition) is 6. The molecule has 0 aliphatic carbocycles. The first-order valence-corrected chi connectivity index (χ1v) is 11.2. The van der Waals surface area contributed by atoms with E-state index in [0.29, 0.717) is 16.8 Å². The van der Waals surface area contributed by atoms with E-state index in [1.54, 1.807) is 6.07 Å². The highest BCUT2D eigenvalue weighted by Gasteiger charge is 2.16. The molecule has 0 atom stereocenters. The van der Waals surface area contributed by atoms with Gasteiger partial charge < -0.3 is 15.0 Å². The zero-order chi connectivity index (χ0) is 23.1. The summed E-state index contributed by atoms with van der Waals surface area (Å²) in [6, 6.07) is 17.7. The molecule has 0 saturated carbocycles. The third-order valence-electron chi connectivity index (χ3n) is 6.22. The number of carbonyl (C=O) groups is 1. The van der Waals surface area contributed by atoms with Gasteiger partial charge in [-0.2, -0.15) is 20.5 Å². The number of aromatic nitrogens is 5. The molecule has 1 amide bonds. The van der Waals surface area contributed by atoms with Crippen molar-refractivity contribution >= 4 is 39.2 Å². The van der Waals surface area contributed by atoms with Crippen LogP contribution < -0.4 is 10.2 Å². The number of morpholine rings is 1. The van der Waals surface area contributed by atoms with Crippen molar-refractivity contribution in [1.29, 1.82) is 0 Å². The third kappa shape index (κ3) is 3.65. The summed E-state index contributed by atoms with van der Waals surface area (Å²) in [6.45, 7) is 5.12.